The first kappa shape index (κ1) is 27.9. The molecule has 4 N–H and O–H groups in total. The Hall–Kier alpha value is -2.72. The lowest BCUT2D eigenvalue weighted by Crippen LogP contribution is -2.49. The largest absolute Gasteiger partial charge is 0.481 e. The lowest BCUT2D eigenvalue weighted by atomic mass is 9.65. The summed E-state index contributed by atoms with van der Waals surface area (Å²) in [4.78, 5) is 49.4. The molecule has 0 bridgehead atoms. The molecule has 0 radical (unpaired) electrons. The van der Waals surface area contributed by atoms with Gasteiger partial charge in [-0.2, -0.15) is 0 Å². The van der Waals surface area contributed by atoms with Crippen LogP contribution in [0.5, 0.6) is 0 Å². The Labute approximate surface area is 226 Å². The molecule has 3 rings (SSSR count). The summed E-state index contributed by atoms with van der Waals surface area (Å²) in [5.41, 5.74) is -0.261. The van der Waals surface area contributed by atoms with Gasteiger partial charge in [-0.05, 0) is 77.0 Å². The lowest BCUT2D eigenvalue weighted by molar-refractivity contribution is -0.155. The molecule has 1 aliphatic carbocycles. The molecule has 8 nitrogen and oxygen atoms in total. The summed E-state index contributed by atoms with van der Waals surface area (Å²) in [6, 6.07) is 10.8. The number of carbonyl (C=O) groups excluding carboxylic acids is 2. The minimum absolute atomic E-state index is 0.0375. The predicted molar refractivity (Wildman–Crippen MR) is 142 cm³/mol. The van der Waals surface area contributed by atoms with Crippen molar-refractivity contribution >= 4 is 61.3 Å². The van der Waals surface area contributed by atoms with E-state index in [4.69, 9.17) is 0 Å². The van der Waals surface area contributed by atoms with Crippen molar-refractivity contribution in [3.05, 3.63) is 62.5 Å². The van der Waals surface area contributed by atoms with Crippen molar-refractivity contribution < 1.29 is 29.4 Å². The maximum atomic E-state index is 13.0. The Kier molecular flexibility index (Phi) is 8.30. The van der Waals surface area contributed by atoms with Crippen LogP contribution in [0, 0.1) is 16.7 Å². The molecule has 2 aromatic rings. The Morgan fingerprint density at radius 3 is 2.22 bits per heavy atom. The van der Waals surface area contributed by atoms with E-state index >= 15 is 0 Å². The van der Waals surface area contributed by atoms with Gasteiger partial charge in [-0.25, -0.2) is 4.79 Å². The second kappa shape index (κ2) is 10.7. The van der Waals surface area contributed by atoms with Crippen LogP contribution in [0.1, 0.15) is 49.5 Å². The first-order chi connectivity index (χ1) is 16.8. The van der Waals surface area contributed by atoms with E-state index in [0.717, 1.165) is 4.47 Å². The first-order valence-electron chi connectivity index (χ1n) is 11.4. The van der Waals surface area contributed by atoms with E-state index in [0.29, 0.717) is 34.1 Å². The third-order valence-electron chi connectivity index (χ3n) is 7.45. The molecular formula is C26H28Br2N2O6. The van der Waals surface area contributed by atoms with Gasteiger partial charge in [0.1, 0.15) is 6.04 Å². The number of aliphatic carboxylic acids is 2. The SMILES string of the molecule is CC1(C(=O)O)CCC(C(=O)N[C@@H](Cc2ccc(NC(=O)c3cc(Br)ccc3Br)cc2)C(=O)O)C1(C)C. The number of carboxylic acid groups (broad SMARTS) is 2. The van der Waals surface area contributed by atoms with E-state index in [1.807, 2.05) is 6.07 Å². The number of nitrogens with one attached hydrogen (secondary N) is 2. The number of amides is 2. The van der Waals surface area contributed by atoms with Crippen molar-refractivity contribution in [3.8, 4) is 0 Å². The van der Waals surface area contributed by atoms with E-state index < -0.39 is 40.6 Å². The molecule has 10 heteroatoms. The van der Waals surface area contributed by atoms with Gasteiger partial charge in [0.15, 0.2) is 0 Å². The molecule has 3 atom stereocenters. The fourth-order valence-corrected chi connectivity index (χ4v) is 5.43. The van der Waals surface area contributed by atoms with Crippen LogP contribution < -0.4 is 10.6 Å². The van der Waals surface area contributed by atoms with Crippen LogP contribution in [-0.4, -0.2) is 40.0 Å². The highest BCUT2D eigenvalue weighted by Gasteiger charge is 2.58. The molecule has 0 heterocycles. The van der Waals surface area contributed by atoms with E-state index in [1.165, 1.54) is 0 Å². The Balaban J connectivity index is 1.67. The van der Waals surface area contributed by atoms with Crippen LogP contribution in [0.4, 0.5) is 5.69 Å². The molecule has 2 aromatic carbocycles. The highest BCUT2D eigenvalue weighted by Crippen LogP contribution is 2.56. The third kappa shape index (κ3) is 5.64. The lowest BCUT2D eigenvalue weighted by Gasteiger charge is -2.38. The number of hydrogen-bond donors (Lipinski definition) is 4. The monoisotopic (exact) mass is 622 g/mol. The molecule has 1 fully saturated rings. The molecular weight excluding hydrogens is 596 g/mol. The number of benzene rings is 2. The van der Waals surface area contributed by atoms with Gasteiger partial charge in [-0.3, -0.25) is 14.4 Å². The fraction of sp³-hybridized carbons (Fsp3) is 0.385. The Morgan fingerprint density at radius 2 is 1.67 bits per heavy atom. The average Bonchev–Trinajstić information content (AvgIpc) is 3.05. The van der Waals surface area contributed by atoms with Crippen LogP contribution in [-0.2, 0) is 20.8 Å². The summed E-state index contributed by atoms with van der Waals surface area (Å²) in [5.74, 6) is -3.52. The highest BCUT2D eigenvalue weighted by atomic mass is 79.9. The maximum Gasteiger partial charge on any atom is 0.326 e. The second-order valence-electron chi connectivity index (χ2n) is 9.83. The molecule has 1 aliphatic rings. The molecule has 0 aromatic heterocycles. The van der Waals surface area contributed by atoms with Crippen molar-refractivity contribution in [2.24, 2.45) is 16.7 Å². The van der Waals surface area contributed by atoms with Gasteiger partial charge >= 0.3 is 11.9 Å². The number of carboxylic acids is 2. The van der Waals surface area contributed by atoms with E-state index in [9.17, 15) is 29.4 Å². The van der Waals surface area contributed by atoms with Gasteiger partial charge in [0.25, 0.3) is 5.91 Å². The van der Waals surface area contributed by atoms with Gasteiger partial charge < -0.3 is 20.8 Å². The summed E-state index contributed by atoms with van der Waals surface area (Å²) in [5, 5.41) is 24.8. The van der Waals surface area contributed by atoms with Crippen molar-refractivity contribution in [1.29, 1.82) is 0 Å². The van der Waals surface area contributed by atoms with Gasteiger partial charge in [0.2, 0.25) is 5.91 Å². The summed E-state index contributed by atoms with van der Waals surface area (Å²) in [7, 11) is 0. The molecule has 0 saturated heterocycles. The van der Waals surface area contributed by atoms with Crippen LogP contribution >= 0.6 is 31.9 Å². The Morgan fingerprint density at radius 1 is 1.03 bits per heavy atom. The second-order valence-corrected chi connectivity index (χ2v) is 11.6. The zero-order valence-corrected chi connectivity index (χ0v) is 23.3. The minimum atomic E-state index is -1.18. The normalized spacial score (nSPS) is 21.4. The number of hydrogen-bond acceptors (Lipinski definition) is 4. The van der Waals surface area contributed by atoms with E-state index in [-0.39, 0.29) is 12.3 Å². The smallest absolute Gasteiger partial charge is 0.326 e. The van der Waals surface area contributed by atoms with Crippen LogP contribution in [0.15, 0.2) is 51.4 Å². The zero-order valence-electron chi connectivity index (χ0n) is 20.1. The topological polar surface area (TPSA) is 133 Å². The number of halogens is 2. The van der Waals surface area contributed by atoms with Gasteiger partial charge in [-0.1, -0.05) is 41.9 Å². The highest BCUT2D eigenvalue weighted by molar-refractivity contribution is 9.11. The van der Waals surface area contributed by atoms with Crippen molar-refractivity contribution in [2.45, 2.75) is 46.1 Å². The first-order valence-corrected chi connectivity index (χ1v) is 13.0. The Bertz CT molecular complexity index is 1200. The van der Waals surface area contributed by atoms with Gasteiger partial charge in [0.05, 0.1) is 11.0 Å². The summed E-state index contributed by atoms with van der Waals surface area (Å²) < 4.78 is 1.41. The number of carbonyl (C=O) groups is 4. The molecule has 36 heavy (non-hydrogen) atoms. The molecule has 2 amide bonds. The van der Waals surface area contributed by atoms with Gasteiger partial charge in [-0.15, -0.1) is 0 Å². The van der Waals surface area contributed by atoms with Gasteiger partial charge in [0, 0.05) is 27.0 Å². The molecule has 192 valence electrons. The van der Waals surface area contributed by atoms with Crippen LogP contribution in [0.2, 0.25) is 0 Å². The van der Waals surface area contributed by atoms with Crippen LogP contribution in [0.25, 0.3) is 0 Å². The summed E-state index contributed by atoms with van der Waals surface area (Å²) >= 11 is 6.71. The summed E-state index contributed by atoms with van der Waals surface area (Å²) in [6.07, 6.45) is 0.751. The summed E-state index contributed by atoms with van der Waals surface area (Å²) in [6.45, 7) is 5.12. The fourth-order valence-electron chi connectivity index (χ4n) is 4.64. The quantitative estimate of drug-likeness (QED) is 0.323. The predicted octanol–water partition coefficient (Wildman–Crippen LogP) is 5.10. The molecule has 0 spiro atoms. The zero-order chi connectivity index (χ0) is 26.8. The average molecular weight is 624 g/mol. The standard InChI is InChI=1S/C26H28Br2N2O6/c1-25(2)18(10-11-26(25,3)24(35)36)22(32)30-20(23(33)34)12-14-4-7-16(8-5-14)29-21(31)17-13-15(27)6-9-19(17)28/h4-9,13,18,20H,10-12H2,1-3H3,(H,29,31)(H,30,32)(H,33,34)(H,35,36)/t18?,20-,26?/m0/s1. The van der Waals surface area contributed by atoms with Crippen molar-refractivity contribution in [3.63, 3.8) is 0 Å². The maximum absolute atomic E-state index is 13.0. The minimum Gasteiger partial charge on any atom is -0.481 e. The molecule has 2 unspecified atom stereocenters. The number of rotatable bonds is 8. The van der Waals surface area contributed by atoms with E-state index in [1.54, 1.807) is 57.2 Å². The number of anilines is 1. The van der Waals surface area contributed by atoms with E-state index in [2.05, 4.69) is 42.5 Å². The van der Waals surface area contributed by atoms with Crippen LogP contribution in [0.3, 0.4) is 0 Å². The molecule has 0 aliphatic heterocycles. The van der Waals surface area contributed by atoms with Crippen molar-refractivity contribution in [1.82, 2.24) is 5.32 Å². The van der Waals surface area contributed by atoms with Crippen molar-refractivity contribution in [2.75, 3.05) is 5.32 Å². The molecule has 1 saturated carbocycles. The third-order valence-corrected chi connectivity index (χ3v) is 8.64.